The van der Waals surface area contributed by atoms with Crippen LogP contribution in [0.5, 0.6) is 0 Å². The van der Waals surface area contributed by atoms with Crippen molar-refractivity contribution in [3.63, 3.8) is 0 Å². The van der Waals surface area contributed by atoms with Crippen molar-refractivity contribution in [2.45, 2.75) is 24.6 Å². The van der Waals surface area contributed by atoms with Crippen molar-refractivity contribution in [2.75, 3.05) is 0 Å². The molecule has 104 valence electrons. The van der Waals surface area contributed by atoms with Gasteiger partial charge in [0.05, 0.1) is 5.03 Å². The lowest BCUT2D eigenvalue weighted by molar-refractivity contribution is 0.627. The number of pyridine rings is 1. The van der Waals surface area contributed by atoms with Crippen LogP contribution in [-0.2, 0) is 5.75 Å². The quantitative estimate of drug-likeness (QED) is 0.515. The van der Waals surface area contributed by atoms with Crippen molar-refractivity contribution in [1.29, 1.82) is 5.41 Å². The zero-order chi connectivity index (χ0) is 14.7. The predicted octanol–water partition coefficient (Wildman–Crippen LogP) is 3.41. The molecule has 1 aromatic heterocycles. The van der Waals surface area contributed by atoms with Gasteiger partial charge in [-0.2, -0.15) is 0 Å². The van der Waals surface area contributed by atoms with Crippen LogP contribution in [0.2, 0.25) is 0 Å². The average Bonchev–Trinajstić information content (AvgIpc) is 2.36. The van der Waals surface area contributed by atoms with Crippen LogP contribution in [0.25, 0.3) is 0 Å². The molecule has 2 aromatic rings. The summed E-state index contributed by atoms with van der Waals surface area (Å²) in [7, 11) is 0. The van der Waals surface area contributed by atoms with Gasteiger partial charge in [-0.15, -0.1) is 11.8 Å². The largest absolute Gasteiger partial charge is 0.384 e. The standard InChI is InChI=1S/C15H16FN3S/c1-9-5-10(2)19-14(6-9)20-8-11-3-4-12(16)7-13(11)15(17)18/h3-7H,8H2,1-2H3,(H3,17,18). The molecular formula is C15H16FN3S. The number of hydrogen-bond donors (Lipinski definition) is 2. The third-order valence-corrected chi connectivity index (χ3v) is 3.77. The van der Waals surface area contributed by atoms with Crippen molar-refractivity contribution >= 4 is 17.6 Å². The van der Waals surface area contributed by atoms with Gasteiger partial charge in [0.1, 0.15) is 11.7 Å². The molecule has 0 unspecified atom stereocenters. The molecule has 3 nitrogen and oxygen atoms in total. The molecule has 2 rings (SSSR count). The average molecular weight is 289 g/mol. The Kier molecular flexibility index (Phi) is 4.39. The highest BCUT2D eigenvalue weighted by Gasteiger charge is 2.08. The van der Waals surface area contributed by atoms with Crippen LogP contribution >= 0.6 is 11.8 Å². The van der Waals surface area contributed by atoms with Crippen molar-refractivity contribution in [2.24, 2.45) is 5.73 Å². The third-order valence-electron chi connectivity index (χ3n) is 2.81. The van der Waals surface area contributed by atoms with E-state index in [9.17, 15) is 4.39 Å². The molecule has 0 radical (unpaired) electrons. The number of amidine groups is 1. The van der Waals surface area contributed by atoms with Crippen molar-refractivity contribution < 1.29 is 4.39 Å². The summed E-state index contributed by atoms with van der Waals surface area (Å²) >= 11 is 1.55. The number of aryl methyl sites for hydroxylation is 2. The van der Waals surface area contributed by atoms with Gasteiger partial charge in [-0.05, 0) is 49.2 Å². The summed E-state index contributed by atoms with van der Waals surface area (Å²) in [6, 6.07) is 8.38. The third kappa shape index (κ3) is 3.57. The second kappa shape index (κ2) is 6.05. The minimum Gasteiger partial charge on any atom is -0.384 e. The van der Waals surface area contributed by atoms with Crippen LogP contribution < -0.4 is 5.73 Å². The van der Waals surface area contributed by atoms with Crippen LogP contribution in [-0.4, -0.2) is 10.8 Å². The normalized spacial score (nSPS) is 10.6. The molecule has 1 heterocycles. The molecular weight excluding hydrogens is 273 g/mol. The van der Waals surface area contributed by atoms with Crippen LogP contribution in [0.3, 0.4) is 0 Å². The molecule has 0 bridgehead atoms. The number of benzene rings is 1. The number of nitrogens with two attached hydrogens (primary N) is 1. The minimum atomic E-state index is -0.381. The van der Waals surface area contributed by atoms with Crippen LogP contribution in [0, 0.1) is 25.1 Å². The second-order valence-corrected chi connectivity index (χ2v) is 5.62. The van der Waals surface area contributed by atoms with Crippen molar-refractivity contribution in [3.8, 4) is 0 Å². The number of nitrogen functional groups attached to an aromatic ring is 1. The van der Waals surface area contributed by atoms with Gasteiger partial charge in [-0.3, -0.25) is 5.41 Å². The summed E-state index contributed by atoms with van der Waals surface area (Å²) in [5.74, 6) is 0.104. The van der Waals surface area contributed by atoms with E-state index in [2.05, 4.69) is 4.98 Å². The molecule has 1 aromatic carbocycles. The van der Waals surface area contributed by atoms with E-state index in [-0.39, 0.29) is 11.7 Å². The van der Waals surface area contributed by atoms with Gasteiger partial charge >= 0.3 is 0 Å². The summed E-state index contributed by atoms with van der Waals surface area (Å²) in [6.45, 7) is 3.98. The van der Waals surface area contributed by atoms with Gasteiger partial charge in [0, 0.05) is 17.0 Å². The van der Waals surface area contributed by atoms with Gasteiger partial charge in [-0.25, -0.2) is 9.37 Å². The number of hydrogen-bond acceptors (Lipinski definition) is 3. The highest BCUT2D eigenvalue weighted by atomic mass is 32.2. The summed E-state index contributed by atoms with van der Waals surface area (Å²) in [6.07, 6.45) is 0. The Labute approximate surface area is 121 Å². The molecule has 20 heavy (non-hydrogen) atoms. The highest BCUT2D eigenvalue weighted by Crippen LogP contribution is 2.24. The lowest BCUT2D eigenvalue weighted by Crippen LogP contribution is -2.14. The summed E-state index contributed by atoms with van der Waals surface area (Å²) in [5.41, 5.74) is 8.91. The number of aromatic nitrogens is 1. The van der Waals surface area contributed by atoms with Crippen LogP contribution in [0.15, 0.2) is 35.4 Å². The molecule has 0 aliphatic carbocycles. The maximum atomic E-state index is 13.2. The van der Waals surface area contributed by atoms with E-state index >= 15 is 0 Å². The first-order valence-corrected chi connectivity index (χ1v) is 7.15. The van der Waals surface area contributed by atoms with Gasteiger partial charge in [0.25, 0.3) is 0 Å². The van der Waals surface area contributed by atoms with E-state index in [1.807, 2.05) is 26.0 Å². The number of halogens is 1. The lowest BCUT2D eigenvalue weighted by Gasteiger charge is -2.09. The summed E-state index contributed by atoms with van der Waals surface area (Å²) in [4.78, 5) is 4.45. The van der Waals surface area contributed by atoms with E-state index < -0.39 is 0 Å². The molecule has 0 aliphatic heterocycles. The first-order valence-electron chi connectivity index (χ1n) is 6.16. The number of rotatable bonds is 4. The monoisotopic (exact) mass is 289 g/mol. The fraction of sp³-hybridized carbons (Fsp3) is 0.200. The maximum Gasteiger partial charge on any atom is 0.123 e. The van der Waals surface area contributed by atoms with Gasteiger partial charge in [0.2, 0.25) is 0 Å². The zero-order valence-corrected chi connectivity index (χ0v) is 12.2. The molecule has 0 saturated carbocycles. The van der Waals surface area contributed by atoms with E-state index in [4.69, 9.17) is 11.1 Å². The maximum absolute atomic E-state index is 13.2. The van der Waals surface area contributed by atoms with Crippen molar-refractivity contribution in [3.05, 3.63) is 58.5 Å². The summed E-state index contributed by atoms with van der Waals surface area (Å²) in [5, 5.41) is 8.43. The van der Waals surface area contributed by atoms with Gasteiger partial charge in [-0.1, -0.05) is 6.07 Å². The van der Waals surface area contributed by atoms with Gasteiger partial charge in [0.15, 0.2) is 0 Å². The Hall–Kier alpha value is -1.88. The van der Waals surface area contributed by atoms with E-state index in [0.717, 1.165) is 21.8 Å². The molecule has 0 spiro atoms. The van der Waals surface area contributed by atoms with E-state index in [1.54, 1.807) is 17.8 Å². The summed E-state index contributed by atoms with van der Waals surface area (Å²) < 4.78 is 13.2. The Balaban J connectivity index is 2.20. The molecule has 5 heteroatoms. The SMILES string of the molecule is Cc1cc(C)nc(SCc2ccc(F)cc2C(=N)N)c1. The second-order valence-electron chi connectivity index (χ2n) is 4.63. The molecule has 0 atom stereocenters. The Bertz CT molecular complexity index is 635. The van der Waals surface area contributed by atoms with Crippen LogP contribution in [0.1, 0.15) is 22.4 Å². The van der Waals surface area contributed by atoms with Crippen molar-refractivity contribution in [1.82, 2.24) is 4.98 Å². The molecule has 3 N–H and O–H groups in total. The number of thioether (sulfide) groups is 1. The van der Waals surface area contributed by atoms with Crippen LogP contribution in [0.4, 0.5) is 4.39 Å². The van der Waals surface area contributed by atoms with Gasteiger partial charge < -0.3 is 5.73 Å². The topological polar surface area (TPSA) is 62.8 Å². The Morgan fingerprint density at radius 1 is 1.30 bits per heavy atom. The molecule has 0 amide bonds. The fourth-order valence-corrected chi connectivity index (χ4v) is 2.99. The molecule has 0 saturated heterocycles. The smallest absolute Gasteiger partial charge is 0.123 e. The van der Waals surface area contributed by atoms with E-state index in [1.165, 1.54) is 12.1 Å². The first-order chi connectivity index (χ1) is 9.45. The number of nitrogens with one attached hydrogen (secondary N) is 1. The van der Waals surface area contributed by atoms with E-state index in [0.29, 0.717) is 11.3 Å². The predicted molar refractivity (Wildman–Crippen MR) is 80.7 cm³/mol. The lowest BCUT2D eigenvalue weighted by atomic mass is 10.1. The molecule has 0 fully saturated rings. The Morgan fingerprint density at radius 2 is 2.05 bits per heavy atom. The fourth-order valence-electron chi connectivity index (χ4n) is 1.96. The molecule has 0 aliphatic rings. The Morgan fingerprint density at radius 3 is 2.70 bits per heavy atom. The first kappa shape index (κ1) is 14.5. The zero-order valence-electron chi connectivity index (χ0n) is 11.4. The number of nitrogens with zero attached hydrogens (tertiary/aromatic N) is 1. The highest BCUT2D eigenvalue weighted by molar-refractivity contribution is 7.98. The minimum absolute atomic E-state index is 0.117.